The minimum atomic E-state index is -0.219. The molecule has 0 saturated heterocycles. The number of benzene rings is 1. The molecule has 0 radical (unpaired) electrons. The molecule has 0 heterocycles. The third-order valence-corrected chi connectivity index (χ3v) is 2.94. The maximum atomic E-state index is 6.03. The van der Waals surface area contributed by atoms with E-state index in [0.717, 1.165) is 6.42 Å². The van der Waals surface area contributed by atoms with Gasteiger partial charge in [0.25, 0.3) is 0 Å². The molecule has 0 aliphatic heterocycles. The zero-order chi connectivity index (χ0) is 14.8. The minimum Gasteiger partial charge on any atom is -0.489 e. The van der Waals surface area contributed by atoms with E-state index in [4.69, 9.17) is 42.1 Å². The third kappa shape index (κ3) is 6.77. The zero-order valence-corrected chi connectivity index (χ0v) is 13.2. The van der Waals surface area contributed by atoms with Crippen molar-refractivity contribution in [1.82, 2.24) is 0 Å². The van der Waals surface area contributed by atoms with E-state index in [1.165, 1.54) is 0 Å². The molecule has 0 N–H and O–H groups in total. The first-order valence-corrected chi connectivity index (χ1v) is 7.19. The maximum Gasteiger partial charge on any atom is 0.147 e. The van der Waals surface area contributed by atoms with Crippen LogP contribution in [-0.2, 0) is 14.2 Å². The number of hydrogen-bond acceptors (Lipinski definition) is 4. The molecule has 0 amide bonds. The summed E-state index contributed by atoms with van der Waals surface area (Å²) in [5.74, 6) is 0.565. The van der Waals surface area contributed by atoms with Gasteiger partial charge in [-0.05, 0) is 24.6 Å². The molecule has 1 aromatic carbocycles. The molecule has 0 aliphatic carbocycles. The van der Waals surface area contributed by atoms with Gasteiger partial charge in [0.15, 0.2) is 0 Å². The lowest BCUT2D eigenvalue weighted by atomic mass is 10.3. The van der Waals surface area contributed by atoms with Crippen LogP contribution in [0.5, 0.6) is 5.75 Å². The van der Waals surface area contributed by atoms with Crippen LogP contribution in [0.1, 0.15) is 13.3 Å². The topological polar surface area (TPSA) is 36.9 Å². The van der Waals surface area contributed by atoms with Crippen LogP contribution in [0.15, 0.2) is 18.2 Å². The highest BCUT2D eigenvalue weighted by Crippen LogP contribution is 2.27. The highest BCUT2D eigenvalue weighted by molar-refractivity contribution is 6.35. The quantitative estimate of drug-likeness (QED) is 0.485. The van der Waals surface area contributed by atoms with E-state index in [-0.39, 0.29) is 12.9 Å². The van der Waals surface area contributed by atoms with Crippen molar-refractivity contribution < 1.29 is 18.9 Å². The summed E-state index contributed by atoms with van der Waals surface area (Å²) in [7, 11) is 1.61. The van der Waals surface area contributed by atoms with Gasteiger partial charge < -0.3 is 18.9 Å². The fourth-order valence-corrected chi connectivity index (χ4v) is 1.92. The van der Waals surface area contributed by atoms with Crippen molar-refractivity contribution in [2.75, 3.05) is 33.7 Å². The summed E-state index contributed by atoms with van der Waals surface area (Å²) in [6.07, 6.45) is 0.735. The normalized spacial score (nSPS) is 12.4. The van der Waals surface area contributed by atoms with Crippen LogP contribution in [0, 0.1) is 0 Å². The van der Waals surface area contributed by atoms with Crippen LogP contribution in [0.3, 0.4) is 0 Å². The SMILES string of the molecule is CCCOCOC(COC)COc1ccc(Cl)cc1Cl. The monoisotopic (exact) mass is 322 g/mol. The molecule has 6 heteroatoms. The molecule has 1 rings (SSSR count). The Bertz CT molecular complexity index is 387. The lowest BCUT2D eigenvalue weighted by Gasteiger charge is -2.18. The van der Waals surface area contributed by atoms with Crippen molar-refractivity contribution >= 4 is 23.2 Å². The van der Waals surface area contributed by atoms with Crippen molar-refractivity contribution in [3.8, 4) is 5.75 Å². The highest BCUT2D eigenvalue weighted by atomic mass is 35.5. The van der Waals surface area contributed by atoms with Crippen LogP contribution < -0.4 is 4.74 Å². The van der Waals surface area contributed by atoms with Crippen molar-refractivity contribution in [2.45, 2.75) is 19.4 Å². The Morgan fingerprint density at radius 1 is 1.20 bits per heavy atom. The first kappa shape index (κ1) is 17.5. The van der Waals surface area contributed by atoms with E-state index in [0.29, 0.717) is 35.6 Å². The molecular weight excluding hydrogens is 303 g/mol. The molecule has 0 aliphatic rings. The Labute approximate surface area is 129 Å². The van der Waals surface area contributed by atoms with Gasteiger partial charge in [-0.2, -0.15) is 0 Å². The van der Waals surface area contributed by atoms with Crippen molar-refractivity contribution in [2.24, 2.45) is 0 Å². The molecule has 1 atom stereocenters. The van der Waals surface area contributed by atoms with Gasteiger partial charge in [-0.25, -0.2) is 0 Å². The highest BCUT2D eigenvalue weighted by Gasteiger charge is 2.11. The largest absolute Gasteiger partial charge is 0.489 e. The van der Waals surface area contributed by atoms with E-state index in [2.05, 4.69) is 0 Å². The average molecular weight is 323 g/mol. The van der Waals surface area contributed by atoms with E-state index in [9.17, 15) is 0 Å². The summed E-state index contributed by atoms with van der Waals surface area (Å²) in [6, 6.07) is 5.08. The average Bonchev–Trinajstić information content (AvgIpc) is 2.42. The molecule has 4 nitrogen and oxygen atoms in total. The molecule has 1 unspecified atom stereocenters. The molecule has 0 spiro atoms. The molecular formula is C14H20Cl2O4. The lowest BCUT2D eigenvalue weighted by Crippen LogP contribution is -2.28. The minimum absolute atomic E-state index is 0.219. The Morgan fingerprint density at radius 3 is 2.65 bits per heavy atom. The standard InChI is InChI=1S/C14H20Cl2O4/c1-3-6-18-10-20-12(8-17-2)9-19-14-5-4-11(15)7-13(14)16/h4-5,7,12H,3,6,8-10H2,1-2H3. The maximum absolute atomic E-state index is 6.03. The molecule has 0 bridgehead atoms. The predicted octanol–water partition coefficient (Wildman–Crippen LogP) is 3.79. The molecule has 0 saturated carbocycles. The van der Waals surface area contributed by atoms with Crippen LogP contribution >= 0.6 is 23.2 Å². The van der Waals surface area contributed by atoms with Crippen molar-refractivity contribution in [3.05, 3.63) is 28.2 Å². The van der Waals surface area contributed by atoms with E-state index < -0.39 is 0 Å². The van der Waals surface area contributed by atoms with Gasteiger partial charge in [0.05, 0.1) is 11.6 Å². The number of ether oxygens (including phenoxy) is 4. The molecule has 20 heavy (non-hydrogen) atoms. The van der Waals surface area contributed by atoms with Crippen LogP contribution in [-0.4, -0.2) is 39.8 Å². The van der Waals surface area contributed by atoms with Gasteiger partial charge in [-0.3, -0.25) is 0 Å². The molecule has 0 fully saturated rings. The van der Waals surface area contributed by atoms with Crippen LogP contribution in [0.2, 0.25) is 10.0 Å². The van der Waals surface area contributed by atoms with Gasteiger partial charge in [0.1, 0.15) is 25.3 Å². The smallest absolute Gasteiger partial charge is 0.147 e. The summed E-state index contributed by atoms with van der Waals surface area (Å²) in [4.78, 5) is 0. The second-order valence-corrected chi connectivity index (χ2v) is 5.00. The van der Waals surface area contributed by atoms with E-state index in [1.54, 1.807) is 25.3 Å². The zero-order valence-electron chi connectivity index (χ0n) is 11.7. The molecule has 1 aromatic rings. The Morgan fingerprint density at radius 2 is 2.00 bits per heavy atom. The van der Waals surface area contributed by atoms with Crippen molar-refractivity contribution in [3.63, 3.8) is 0 Å². The fraction of sp³-hybridized carbons (Fsp3) is 0.571. The van der Waals surface area contributed by atoms with Gasteiger partial charge in [-0.15, -0.1) is 0 Å². The first-order valence-electron chi connectivity index (χ1n) is 6.43. The second-order valence-electron chi connectivity index (χ2n) is 4.16. The summed E-state index contributed by atoms with van der Waals surface area (Å²) >= 11 is 11.9. The van der Waals surface area contributed by atoms with E-state index >= 15 is 0 Å². The van der Waals surface area contributed by atoms with Gasteiger partial charge in [0, 0.05) is 18.7 Å². The Hall–Kier alpha value is -0.520. The fourth-order valence-electron chi connectivity index (χ4n) is 1.45. The van der Waals surface area contributed by atoms with Gasteiger partial charge >= 0.3 is 0 Å². The summed E-state index contributed by atoms with van der Waals surface area (Å²) in [5, 5.41) is 1.04. The third-order valence-electron chi connectivity index (χ3n) is 2.41. The molecule has 114 valence electrons. The van der Waals surface area contributed by atoms with Gasteiger partial charge in [0.2, 0.25) is 0 Å². The van der Waals surface area contributed by atoms with E-state index in [1.807, 2.05) is 6.92 Å². The molecule has 0 aromatic heterocycles. The van der Waals surface area contributed by atoms with Crippen LogP contribution in [0.4, 0.5) is 0 Å². The van der Waals surface area contributed by atoms with Crippen molar-refractivity contribution in [1.29, 1.82) is 0 Å². The number of hydrogen-bond donors (Lipinski definition) is 0. The summed E-state index contributed by atoms with van der Waals surface area (Å²) in [5.41, 5.74) is 0. The number of halogens is 2. The Balaban J connectivity index is 2.40. The number of methoxy groups -OCH3 is 1. The van der Waals surface area contributed by atoms with Gasteiger partial charge in [-0.1, -0.05) is 30.1 Å². The summed E-state index contributed by atoms with van der Waals surface area (Å²) < 4.78 is 21.5. The Kier molecular flexibility index (Phi) is 8.98. The second kappa shape index (κ2) is 10.2. The lowest BCUT2D eigenvalue weighted by molar-refractivity contribution is -0.116. The predicted molar refractivity (Wildman–Crippen MR) is 79.8 cm³/mol. The van der Waals surface area contributed by atoms with Crippen LogP contribution in [0.25, 0.3) is 0 Å². The first-order chi connectivity index (χ1) is 9.67. The number of rotatable bonds is 10. The summed E-state index contributed by atoms with van der Waals surface area (Å²) in [6.45, 7) is 3.67.